The van der Waals surface area contributed by atoms with E-state index in [0.717, 1.165) is 22.1 Å². The van der Waals surface area contributed by atoms with Gasteiger partial charge in [-0.25, -0.2) is 5.43 Å². The van der Waals surface area contributed by atoms with Crippen LogP contribution in [-0.2, 0) is 0 Å². The van der Waals surface area contributed by atoms with E-state index in [1.807, 2.05) is 84.9 Å². The molecule has 30 heavy (non-hydrogen) atoms. The maximum absolute atomic E-state index is 12.6. The molecule has 0 aromatic heterocycles. The van der Waals surface area contributed by atoms with E-state index in [1.165, 1.54) is 0 Å². The summed E-state index contributed by atoms with van der Waals surface area (Å²) in [5.74, 6) is 1.60. The van der Waals surface area contributed by atoms with Crippen molar-refractivity contribution in [3.05, 3.63) is 102 Å². The summed E-state index contributed by atoms with van der Waals surface area (Å²) in [6.07, 6.45) is 1.57. The highest BCUT2D eigenvalue weighted by Gasteiger charge is 2.13. The van der Waals surface area contributed by atoms with Gasteiger partial charge in [0, 0.05) is 0 Å². The first kappa shape index (κ1) is 19.2. The second-order valence-corrected chi connectivity index (χ2v) is 6.59. The molecule has 4 aromatic rings. The molecule has 5 nitrogen and oxygen atoms in total. The Hall–Kier alpha value is -4.12. The first-order chi connectivity index (χ1) is 14.7. The molecule has 1 amide bonds. The van der Waals surface area contributed by atoms with E-state index >= 15 is 0 Å². The van der Waals surface area contributed by atoms with Gasteiger partial charge in [0.25, 0.3) is 5.91 Å². The van der Waals surface area contributed by atoms with E-state index in [2.05, 4.69) is 10.5 Å². The van der Waals surface area contributed by atoms with Crippen molar-refractivity contribution in [2.24, 2.45) is 5.10 Å². The number of carbonyl (C=O) groups is 1. The van der Waals surface area contributed by atoms with Crippen LogP contribution in [0.25, 0.3) is 10.8 Å². The van der Waals surface area contributed by atoms with Crippen molar-refractivity contribution in [2.75, 3.05) is 7.11 Å². The van der Waals surface area contributed by atoms with E-state index in [-0.39, 0.29) is 5.91 Å². The number of hydrogen-bond acceptors (Lipinski definition) is 4. The highest BCUT2D eigenvalue weighted by Crippen LogP contribution is 2.26. The monoisotopic (exact) mass is 396 g/mol. The number of hydrogen-bond donors (Lipinski definition) is 1. The van der Waals surface area contributed by atoms with E-state index in [1.54, 1.807) is 19.4 Å². The largest absolute Gasteiger partial charge is 0.496 e. The van der Waals surface area contributed by atoms with Gasteiger partial charge in [-0.2, -0.15) is 5.10 Å². The summed E-state index contributed by atoms with van der Waals surface area (Å²) in [6.45, 7) is 0. The maximum Gasteiger partial charge on any atom is 0.275 e. The molecule has 148 valence electrons. The minimum atomic E-state index is -0.342. The van der Waals surface area contributed by atoms with Gasteiger partial charge in [-0.3, -0.25) is 4.79 Å². The lowest BCUT2D eigenvalue weighted by Crippen LogP contribution is -2.18. The van der Waals surface area contributed by atoms with Crippen LogP contribution in [0.3, 0.4) is 0 Å². The summed E-state index contributed by atoms with van der Waals surface area (Å²) in [7, 11) is 1.54. The number of amides is 1. The molecule has 0 radical (unpaired) electrons. The third-order valence-corrected chi connectivity index (χ3v) is 4.53. The average Bonchev–Trinajstić information content (AvgIpc) is 2.79. The molecule has 0 aliphatic heterocycles. The zero-order chi connectivity index (χ0) is 20.8. The molecule has 0 aliphatic rings. The summed E-state index contributed by atoms with van der Waals surface area (Å²) in [4.78, 5) is 12.6. The SMILES string of the molecule is COc1cc2ccccc2cc1C(=O)NN=Cc1cccc(Oc2ccccc2)c1. The number of ether oxygens (including phenoxy) is 2. The first-order valence-electron chi connectivity index (χ1n) is 9.46. The van der Waals surface area contributed by atoms with Crippen molar-refractivity contribution in [1.82, 2.24) is 5.43 Å². The molecule has 1 N–H and O–H groups in total. The van der Waals surface area contributed by atoms with Crippen LogP contribution in [-0.4, -0.2) is 19.2 Å². The van der Waals surface area contributed by atoms with Gasteiger partial charge in [0.2, 0.25) is 0 Å². The van der Waals surface area contributed by atoms with Gasteiger partial charge in [-0.05, 0) is 52.7 Å². The number of para-hydroxylation sites is 1. The van der Waals surface area contributed by atoms with Crippen molar-refractivity contribution in [2.45, 2.75) is 0 Å². The molecule has 0 spiro atoms. The lowest BCUT2D eigenvalue weighted by molar-refractivity contribution is 0.0952. The Kier molecular flexibility index (Phi) is 5.71. The standard InChI is InChI=1S/C25H20N2O3/c1-29-24-16-20-10-6-5-9-19(20)15-23(24)25(28)27-26-17-18-8-7-13-22(14-18)30-21-11-3-2-4-12-21/h2-17H,1H3,(H,27,28). The van der Waals surface area contributed by atoms with Crippen molar-refractivity contribution >= 4 is 22.9 Å². The lowest BCUT2D eigenvalue weighted by Gasteiger charge is -2.09. The molecule has 0 fully saturated rings. The second kappa shape index (κ2) is 8.92. The fourth-order valence-electron chi connectivity index (χ4n) is 3.07. The highest BCUT2D eigenvalue weighted by molar-refractivity contribution is 6.02. The van der Waals surface area contributed by atoms with Crippen LogP contribution in [0.5, 0.6) is 17.2 Å². The molecule has 4 rings (SSSR count). The lowest BCUT2D eigenvalue weighted by atomic mass is 10.1. The third-order valence-electron chi connectivity index (χ3n) is 4.53. The van der Waals surface area contributed by atoms with Crippen LogP contribution in [0, 0.1) is 0 Å². The Labute approximate surface area is 174 Å². The van der Waals surface area contributed by atoms with Gasteiger partial charge in [0.05, 0.1) is 18.9 Å². The minimum Gasteiger partial charge on any atom is -0.496 e. The Morgan fingerprint density at radius 1 is 0.833 bits per heavy atom. The Balaban J connectivity index is 1.47. The number of benzene rings is 4. The molecule has 0 aliphatic carbocycles. The Morgan fingerprint density at radius 3 is 2.30 bits per heavy atom. The van der Waals surface area contributed by atoms with Crippen LogP contribution < -0.4 is 14.9 Å². The van der Waals surface area contributed by atoms with Gasteiger partial charge in [0.15, 0.2) is 0 Å². The van der Waals surface area contributed by atoms with Gasteiger partial charge >= 0.3 is 0 Å². The number of nitrogens with one attached hydrogen (secondary N) is 1. The van der Waals surface area contributed by atoms with Crippen LogP contribution in [0.1, 0.15) is 15.9 Å². The topological polar surface area (TPSA) is 59.9 Å². The molecule has 0 saturated heterocycles. The van der Waals surface area contributed by atoms with Gasteiger partial charge in [-0.15, -0.1) is 0 Å². The van der Waals surface area contributed by atoms with Gasteiger partial charge in [0.1, 0.15) is 17.2 Å². The van der Waals surface area contributed by atoms with Gasteiger partial charge < -0.3 is 9.47 Å². The van der Waals surface area contributed by atoms with Crippen molar-refractivity contribution in [3.63, 3.8) is 0 Å². The van der Waals surface area contributed by atoms with E-state index in [4.69, 9.17) is 9.47 Å². The predicted molar refractivity (Wildman–Crippen MR) is 119 cm³/mol. The Bertz CT molecular complexity index is 1200. The van der Waals surface area contributed by atoms with Crippen molar-refractivity contribution in [1.29, 1.82) is 0 Å². The fraction of sp³-hybridized carbons (Fsp3) is 0.0400. The second-order valence-electron chi connectivity index (χ2n) is 6.59. The highest BCUT2D eigenvalue weighted by atomic mass is 16.5. The number of rotatable bonds is 6. The summed E-state index contributed by atoms with van der Waals surface area (Å²) in [5.41, 5.74) is 3.79. The first-order valence-corrected chi connectivity index (χ1v) is 9.46. The van der Waals surface area contributed by atoms with Crippen LogP contribution >= 0.6 is 0 Å². The van der Waals surface area contributed by atoms with Gasteiger partial charge in [-0.1, -0.05) is 54.6 Å². The Morgan fingerprint density at radius 2 is 1.53 bits per heavy atom. The molecule has 0 unspecified atom stereocenters. The maximum atomic E-state index is 12.6. The molecule has 4 aromatic carbocycles. The van der Waals surface area contributed by atoms with Crippen LogP contribution in [0.4, 0.5) is 0 Å². The summed E-state index contributed by atoms with van der Waals surface area (Å²) >= 11 is 0. The number of methoxy groups -OCH3 is 1. The zero-order valence-corrected chi connectivity index (χ0v) is 16.4. The molecule has 0 bridgehead atoms. The molecule has 5 heteroatoms. The number of hydrazone groups is 1. The van der Waals surface area contributed by atoms with Crippen molar-refractivity contribution < 1.29 is 14.3 Å². The molecular formula is C25H20N2O3. The fourth-order valence-corrected chi connectivity index (χ4v) is 3.07. The average molecular weight is 396 g/mol. The van der Waals surface area contributed by atoms with Crippen LogP contribution in [0.2, 0.25) is 0 Å². The third kappa shape index (κ3) is 4.47. The zero-order valence-electron chi connectivity index (χ0n) is 16.4. The molecule has 0 heterocycles. The van der Waals surface area contributed by atoms with E-state index in [0.29, 0.717) is 17.1 Å². The predicted octanol–water partition coefficient (Wildman–Crippen LogP) is 5.40. The number of fused-ring (bicyclic) bond motifs is 1. The van der Waals surface area contributed by atoms with E-state index in [9.17, 15) is 4.79 Å². The summed E-state index contributed by atoms with van der Waals surface area (Å²) < 4.78 is 11.2. The van der Waals surface area contributed by atoms with Crippen molar-refractivity contribution in [3.8, 4) is 17.2 Å². The quantitative estimate of drug-likeness (QED) is 0.350. The molecular weight excluding hydrogens is 376 g/mol. The normalized spacial score (nSPS) is 10.8. The molecule has 0 saturated carbocycles. The minimum absolute atomic E-state index is 0.342. The smallest absolute Gasteiger partial charge is 0.275 e. The van der Waals surface area contributed by atoms with E-state index < -0.39 is 0 Å². The van der Waals surface area contributed by atoms with Crippen LogP contribution in [0.15, 0.2) is 96.1 Å². The number of nitrogens with zero attached hydrogens (tertiary/aromatic N) is 1. The summed E-state index contributed by atoms with van der Waals surface area (Å²) in [6, 6.07) is 28.4. The molecule has 0 atom stereocenters. The number of carbonyl (C=O) groups excluding carboxylic acids is 1. The summed E-state index contributed by atoms with van der Waals surface area (Å²) in [5, 5.41) is 6.05.